The van der Waals surface area contributed by atoms with E-state index in [9.17, 15) is 0 Å². The van der Waals surface area contributed by atoms with E-state index in [2.05, 4.69) is 27.7 Å². The van der Waals surface area contributed by atoms with Crippen LogP contribution in [-0.4, -0.2) is 0 Å². The first-order chi connectivity index (χ1) is 4.79. The largest absolute Gasteiger partial charge is 0.0651 e. The van der Waals surface area contributed by atoms with Crippen LogP contribution in [0.25, 0.3) is 0 Å². The molecule has 2 atom stereocenters. The maximum absolute atomic E-state index is 3.95. The summed E-state index contributed by atoms with van der Waals surface area (Å²) in [5.41, 5.74) is 0. The van der Waals surface area contributed by atoms with Crippen molar-refractivity contribution >= 4 is 0 Å². The van der Waals surface area contributed by atoms with E-state index in [0.717, 1.165) is 24.7 Å². The summed E-state index contributed by atoms with van der Waals surface area (Å²) in [5.74, 6) is 1.62. The molecule has 0 spiro atoms. The molecule has 0 aromatic rings. The van der Waals surface area contributed by atoms with Crippen molar-refractivity contribution in [2.24, 2.45) is 11.8 Å². The molecule has 2 radical (unpaired) electrons. The molecule has 10 heavy (non-hydrogen) atoms. The van der Waals surface area contributed by atoms with Gasteiger partial charge in [0.15, 0.2) is 0 Å². The van der Waals surface area contributed by atoms with Crippen molar-refractivity contribution in [2.45, 2.75) is 39.5 Å². The third-order valence-corrected chi connectivity index (χ3v) is 2.46. The van der Waals surface area contributed by atoms with Crippen LogP contribution in [0.4, 0.5) is 0 Å². The van der Waals surface area contributed by atoms with Gasteiger partial charge in [-0.15, -0.1) is 0 Å². The zero-order valence-corrected chi connectivity index (χ0v) is 7.40. The lowest BCUT2D eigenvalue weighted by molar-refractivity contribution is 0.315. The van der Waals surface area contributed by atoms with Gasteiger partial charge in [0.05, 0.1) is 0 Å². The van der Waals surface area contributed by atoms with E-state index in [0.29, 0.717) is 0 Å². The molecule has 60 valence electrons. The van der Waals surface area contributed by atoms with Crippen LogP contribution in [0.3, 0.4) is 0 Å². The van der Waals surface area contributed by atoms with E-state index >= 15 is 0 Å². The number of rotatable bonds is 5. The SMILES string of the molecule is [CH2]CC(CC)C(C[CH2])CC. The van der Waals surface area contributed by atoms with Gasteiger partial charge in [-0.3, -0.25) is 0 Å². The fourth-order valence-corrected chi connectivity index (χ4v) is 1.55. The van der Waals surface area contributed by atoms with Crippen molar-refractivity contribution in [3.63, 3.8) is 0 Å². The first kappa shape index (κ1) is 10.0. The molecule has 0 bridgehead atoms. The lowest BCUT2D eigenvalue weighted by Crippen LogP contribution is -2.11. The van der Waals surface area contributed by atoms with E-state index in [4.69, 9.17) is 0 Å². The molecule has 2 unspecified atom stereocenters. The summed E-state index contributed by atoms with van der Waals surface area (Å²) < 4.78 is 0. The van der Waals surface area contributed by atoms with Crippen LogP contribution in [0.2, 0.25) is 0 Å². The number of hydrogen-bond donors (Lipinski definition) is 0. The molecule has 0 aliphatic carbocycles. The van der Waals surface area contributed by atoms with Gasteiger partial charge < -0.3 is 0 Å². The molecule has 0 heterocycles. The van der Waals surface area contributed by atoms with Gasteiger partial charge >= 0.3 is 0 Å². The van der Waals surface area contributed by atoms with Gasteiger partial charge in [-0.1, -0.05) is 53.4 Å². The molecule has 0 saturated carbocycles. The van der Waals surface area contributed by atoms with Crippen molar-refractivity contribution < 1.29 is 0 Å². The summed E-state index contributed by atoms with van der Waals surface area (Å²) in [4.78, 5) is 0. The Morgan fingerprint density at radius 2 is 1.20 bits per heavy atom. The predicted molar refractivity (Wildman–Crippen MR) is 47.5 cm³/mol. The van der Waals surface area contributed by atoms with Crippen LogP contribution in [0.5, 0.6) is 0 Å². The summed E-state index contributed by atoms with van der Waals surface area (Å²) in [5, 5.41) is 0. The highest BCUT2D eigenvalue weighted by Gasteiger charge is 2.13. The monoisotopic (exact) mass is 140 g/mol. The second kappa shape index (κ2) is 5.76. The zero-order valence-electron chi connectivity index (χ0n) is 7.40. The highest BCUT2D eigenvalue weighted by Crippen LogP contribution is 2.24. The Labute approximate surface area is 66.0 Å². The molecular weight excluding hydrogens is 120 g/mol. The fourth-order valence-electron chi connectivity index (χ4n) is 1.55. The van der Waals surface area contributed by atoms with E-state index < -0.39 is 0 Å². The predicted octanol–water partition coefficient (Wildman–Crippen LogP) is 3.49. The molecule has 0 heteroatoms. The van der Waals surface area contributed by atoms with Gasteiger partial charge in [-0.05, 0) is 11.8 Å². The standard InChI is InChI=1S/C10H20/c1-5-9(6-2)10(7-3)8-4/h9-10H,1,3,5-8H2,2,4H3. The summed E-state index contributed by atoms with van der Waals surface area (Å²) in [6, 6.07) is 0. The van der Waals surface area contributed by atoms with Crippen LogP contribution in [0, 0.1) is 25.7 Å². The Hall–Kier alpha value is 0. The first-order valence-electron chi connectivity index (χ1n) is 4.38. The summed E-state index contributed by atoms with van der Waals surface area (Å²) in [6.45, 7) is 12.4. The van der Waals surface area contributed by atoms with Gasteiger partial charge in [0.2, 0.25) is 0 Å². The van der Waals surface area contributed by atoms with Crippen molar-refractivity contribution in [2.75, 3.05) is 0 Å². The normalized spacial score (nSPS) is 11.4. The maximum Gasteiger partial charge on any atom is -0.0389 e. The Morgan fingerprint density at radius 3 is 1.30 bits per heavy atom. The quantitative estimate of drug-likeness (QED) is 0.548. The molecule has 0 rings (SSSR count). The van der Waals surface area contributed by atoms with Crippen LogP contribution >= 0.6 is 0 Å². The van der Waals surface area contributed by atoms with Gasteiger partial charge in [0, 0.05) is 0 Å². The van der Waals surface area contributed by atoms with Gasteiger partial charge in [0.25, 0.3) is 0 Å². The maximum atomic E-state index is 3.95. The third-order valence-electron chi connectivity index (χ3n) is 2.46. The van der Waals surface area contributed by atoms with Crippen molar-refractivity contribution in [1.82, 2.24) is 0 Å². The third kappa shape index (κ3) is 2.72. The van der Waals surface area contributed by atoms with Crippen LogP contribution < -0.4 is 0 Å². The Bertz CT molecular complexity index is 48.4. The van der Waals surface area contributed by atoms with Gasteiger partial charge in [-0.25, -0.2) is 0 Å². The van der Waals surface area contributed by atoms with Crippen LogP contribution in [0.1, 0.15) is 39.5 Å². The van der Waals surface area contributed by atoms with Crippen molar-refractivity contribution in [3.05, 3.63) is 13.8 Å². The van der Waals surface area contributed by atoms with E-state index in [1.807, 2.05) is 0 Å². The highest BCUT2D eigenvalue weighted by molar-refractivity contribution is 4.69. The lowest BCUT2D eigenvalue weighted by Gasteiger charge is -2.21. The van der Waals surface area contributed by atoms with Crippen molar-refractivity contribution in [3.8, 4) is 0 Å². The topological polar surface area (TPSA) is 0 Å². The minimum atomic E-state index is 0.808. The molecule has 0 aromatic carbocycles. The molecule has 0 fully saturated rings. The minimum absolute atomic E-state index is 0.808. The van der Waals surface area contributed by atoms with E-state index in [-0.39, 0.29) is 0 Å². The molecule has 0 amide bonds. The van der Waals surface area contributed by atoms with Gasteiger partial charge in [0.1, 0.15) is 0 Å². The molecule has 0 nitrogen and oxygen atoms in total. The van der Waals surface area contributed by atoms with Gasteiger partial charge in [-0.2, -0.15) is 0 Å². The van der Waals surface area contributed by atoms with E-state index in [1.54, 1.807) is 0 Å². The average Bonchev–Trinajstić information content (AvgIpc) is 2.00. The molecule has 0 aromatic heterocycles. The minimum Gasteiger partial charge on any atom is -0.0651 e. The van der Waals surface area contributed by atoms with E-state index in [1.165, 1.54) is 12.8 Å². The Kier molecular flexibility index (Phi) is 5.76. The second-order valence-corrected chi connectivity index (χ2v) is 2.91. The summed E-state index contributed by atoms with van der Waals surface area (Å²) in [7, 11) is 0. The summed E-state index contributed by atoms with van der Waals surface area (Å²) in [6.07, 6.45) is 4.67. The summed E-state index contributed by atoms with van der Waals surface area (Å²) >= 11 is 0. The zero-order chi connectivity index (χ0) is 7.98. The molecule has 0 aliphatic rings. The fraction of sp³-hybridized carbons (Fsp3) is 0.800. The van der Waals surface area contributed by atoms with Crippen LogP contribution in [-0.2, 0) is 0 Å². The molecule has 0 saturated heterocycles. The molecule has 0 N–H and O–H groups in total. The highest BCUT2D eigenvalue weighted by atomic mass is 14.2. The Balaban J connectivity index is 3.70. The molecular formula is C10H20. The molecule has 0 aliphatic heterocycles. The van der Waals surface area contributed by atoms with Crippen LogP contribution in [0.15, 0.2) is 0 Å². The number of hydrogen-bond acceptors (Lipinski definition) is 0. The van der Waals surface area contributed by atoms with Crippen molar-refractivity contribution in [1.29, 1.82) is 0 Å². The smallest absolute Gasteiger partial charge is 0.0389 e. The Morgan fingerprint density at radius 1 is 0.900 bits per heavy atom. The average molecular weight is 140 g/mol. The second-order valence-electron chi connectivity index (χ2n) is 2.91. The first-order valence-corrected chi connectivity index (χ1v) is 4.38. The lowest BCUT2D eigenvalue weighted by atomic mass is 9.84.